The number of H-pyrrole nitrogens is 1. The van der Waals surface area contributed by atoms with Crippen molar-refractivity contribution in [3.63, 3.8) is 0 Å². The summed E-state index contributed by atoms with van der Waals surface area (Å²) in [7, 11) is -1.95. The summed E-state index contributed by atoms with van der Waals surface area (Å²) in [6.07, 6.45) is 0.890. The fraction of sp³-hybridized carbons (Fsp3) is 0.0357. The molecule has 0 saturated heterocycles. The first-order valence-corrected chi connectivity index (χ1v) is 12.3. The lowest BCUT2D eigenvalue weighted by Crippen LogP contribution is -2.32. The number of benzene rings is 4. The Bertz CT molecular complexity index is 1250. The number of fused-ring (bicyclic) bond motifs is 1. The molecule has 5 aromatic rings. The number of aromatic amines is 1. The molecule has 0 aliphatic heterocycles. The van der Waals surface area contributed by atoms with Gasteiger partial charge in [-0.25, -0.2) is 0 Å². The molecular formula is C28H22N2P+. The normalized spacial score (nSPS) is 11.3. The number of nitrogens with one attached hydrogen (secondary N) is 1. The first kappa shape index (κ1) is 19.3. The quantitative estimate of drug-likeness (QED) is 0.375. The minimum Gasteiger partial charge on any atom is -0.355 e. The van der Waals surface area contributed by atoms with Gasteiger partial charge in [0.1, 0.15) is 29.3 Å². The van der Waals surface area contributed by atoms with Crippen LogP contribution >= 0.6 is 7.26 Å². The van der Waals surface area contributed by atoms with Crippen LogP contribution in [0.25, 0.3) is 10.9 Å². The molecule has 0 amide bonds. The van der Waals surface area contributed by atoms with Crippen molar-refractivity contribution in [3.05, 3.63) is 127 Å². The molecule has 31 heavy (non-hydrogen) atoms. The molecule has 1 heterocycles. The Morgan fingerprint density at radius 3 is 1.65 bits per heavy atom. The fourth-order valence-corrected chi connectivity index (χ4v) is 8.53. The predicted molar refractivity (Wildman–Crippen MR) is 132 cm³/mol. The molecule has 0 bridgehead atoms. The molecule has 5 rings (SSSR count). The molecule has 0 spiro atoms. The van der Waals surface area contributed by atoms with E-state index in [1.807, 2.05) is 18.2 Å². The molecule has 3 heteroatoms. The Kier molecular flexibility index (Phi) is 5.13. The number of rotatable bonds is 5. The average molecular weight is 417 g/mol. The van der Waals surface area contributed by atoms with E-state index in [9.17, 15) is 5.26 Å². The number of nitrogens with zero attached hydrogens (tertiary/aromatic N) is 1. The number of hydrogen-bond acceptors (Lipinski definition) is 1. The molecule has 148 valence electrons. The van der Waals surface area contributed by atoms with Crippen molar-refractivity contribution in [1.29, 1.82) is 5.26 Å². The van der Waals surface area contributed by atoms with Crippen LogP contribution in [0.4, 0.5) is 0 Å². The molecule has 0 radical (unpaired) electrons. The third-order valence-electron chi connectivity index (χ3n) is 5.81. The Hall–Kier alpha value is -3.66. The Labute approximate surface area is 183 Å². The summed E-state index contributed by atoms with van der Waals surface area (Å²) < 4.78 is 0. The Balaban J connectivity index is 1.75. The molecule has 0 saturated carbocycles. The lowest BCUT2D eigenvalue weighted by Gasteiger charge is -2.27. The zero-order valence-electron chi connectivity index (χ0n) is 17.1. The fourth-order valence-electron chi connectivity index (χ4n) is 4.37. The second-order valence-corrected chi connectivity index (χ2v) is 11.2. The Morgan fingerprint density at radius 2 is 1.16 bits per heavy atom. The van der Waals surface area contributed by atoms with Gasteiger partial charge in [-0.3, -0.25) is 0 Å². The van der Waals surface area contributed by atoms with E-state index in [-0.39, 0.29) is 0 Å². The van der Waals surface area contributed by atoms with Gasteiger partial charge in [0.25, 0.3) is 0 Å². The van der Waals surface area contributed by atoms with Crippen LogP contribution in [-0.4, -0.2) is 4.98 Å². The number of hydrogen-bond donors (Lipinski definition) is 1. The van der Waals surface area contributed by atoms with Crippen LogP contribution in [0.1, 0.15) is 11.3 Å². The van der Waals surface area contributed by atoms with Gasteiger partial charge < -0.3 is 4.98 Å². The van der Waals surface area contributed by atoms with Crippen LogP contribution in [0.15, 0.2) is 115 Å². The van der Waals surface area contributed by atoms with Gasteiger partial charge in [-0.05, 0) is 60.0 Å². The van der Waals surface area contributed by atoms with Gasteiger partial charge in [0.2, 0.25) is 0 Å². The zero-order valence-corrected chi connectivity index (χ0v) is 18.0. The molecule has 0 fully saturated rings. The van der Waals surface area contributed by atoms with Gasteiger partial charge in [0.15, 0.2) is 0 Å². The van der Waals surface area contributed by atoms with Crippen molar-refractivity contribution in [2.24, 2.45) is 0 Å². The van der Waals surface area contributed by atoms with Gasteiger partial charge in [0.05, 0.1) is 17.3 Å². The van der Waals surface area contributed by atoms with E-state index in [0.717, 1.165) is 17.1 Å². The van der Waals surface area contributed by atoms with Crippen LogP contribution in [0.5, 0.6) is 0 Å². The summed E-state index contributed by atoms with van der Waals surface area (Å²) in [6, 6.07) is 43.0. The second-order valence-electron chi connectivity index (χ2n) is 7.68. The highest BCUT2D eigenvalue weighted by molar-refractivity contribution is 7.95. The lowest BCUT2D eigenvalue weighted by atomic mass is 10.2. The average Bonchev–Trinajstić information content (AvgIpc) is 3.25. The highest BCUT2D eigenvalue weighted by Crippen LogP contribution is 2.58. The molecule has 0 atom stereocenters. The van der Waals surface area contributed by atoms with E-state index in [0.29, 0.717) is 5.56 Å². The summed E-state index contributed by atoms with van der Waals surface area (Å²) in [4.78, 5) is 3.61. The molecule has 0 unspecified atom stereocenters. The van der Waals surface area contributed by atoms with Crippen LogP contribution in [0.3, 0.4) is 0 Å². The van der Waals surface area contributed by atoms with Crippen molar-refractivity contribution < 1.29 is 0 Å². The van der Waals surface area contributed by atoms with Crippen molar-refractivity contribution in [1.82, 2.24) is 4.98 Å². The molecule has 1 aromatic heterocycles. The van der Waals surface area contributed by atoms with Crippen molar-refractivity contribution >= 4 is 34.1 Å². The smallest absolute Gasteiger partial charge is 0.118 e. The SMILES string of the molecule is N#Cc1ccc2cc(C[P+](c3ccccc3)(c3ccccc3)c3ccccc3)[nH]c2c1. The summed E-state index contributed by atoms with van der Waals surface area (Å²) in [5.41, 5.74) is 2.88. The lowest BCUT2D eigenvalue weighted by molar-refractivity contribution is 1.25. The second kappa shape index (κ2) is 8.23. The van der Waals surface area contributed by atoms with Crippen LogP contribution < -0.4 is 15.9 Å². The Morgan fingerprint density at radius 1 is 0.645 bits per heavy atom. The van der Waals surface area contributed by atoms with Gasteiger partial charge >= 0.3 is 0 Å². The van der Waals surface area contributed by atoms with Crippen molar-refractivity contribution in [2.45, 2.75) is 6.16 Å². The number of nitriles is 1. The first-order valence-electron chi connectivity index (χ1n) is 10.4. The molecule has 2 nitrogen and oxygen atoms in total. The van der Waals surface area contributed by atoms with Gasteiger partial charge in [-0.15, -0.1) is 0 Å². The molecule has 0 aliphatic carbocycles. The van der Waals surface area contributed by atoms with Crippen molar-refractivity contribution in [2.75, 3.05) is 0 Å². The molecule has 4 aromatic carbocycles. The van der Waals surface area contributed by atoms with E-state index in [1.54, 1.807) is 0 Å². The molecule has 1 N–H and O–H groups in total. The van der Waals surface area contributed by atoms with E-state index in [2.05, 4.69) is 108 Å². The summed E-state index contributed by atoms with van der Waals surface area (Å²) in [6.45, 7) is 0. The molecular weight excluding hydrogens is 395 g/mol. The summed E-state index contributed by atoms with van der Waals surface area (Å²) >= 11 is 0. The topological polar surface area (TPSA) is 39.6 Å². The largest absolute Gasteiger partial charge is 0.355 e. The first-order chi connectivity index (χ1) is 15.3. The predicted octanol–water partition coefficient (Wildman–Crippen LogP) is 5.53. The standard InChI is InChI=1S/C28H22N2P/c29-20-22-16-17-23-19-24(30-28(23)18-22)21-31(25-10-4-1-5-11-25,26-12-6-2-7-13-26)27-14-8-3-9-15-27/h1-19,30H,21H2/q+1. The monoisotopic (exact) mass is 417 g/mol. The van der Waals surface area contributed by atoms with E-state index < -0.39 is 7.26 Å². The van der Waals surface area contributed by atoms with Gasteiger partial charge in [-0.1, -0.05) is 60.7 Å². The van der Waals surface area contributed by atoms with Crippen molar-refractivity contribution in [3.8, 4) is 6.07 Å². The maximum Gasteiger partial charge on any atom is 0.118 e. The zero-order chi connectivity index (χ0) is 21.1. The highest BCUT2D eigenvalue weighted by atomic mass is 31.2. The summed E-state index contributed by atoms with van der Waals surface area (Å²) in [5.74, 6) is 0. The van der Waals surface area contributed by atoms with Crippen LogP contribution in [0, 0.1) is 11.3 Å². The van der Waals surface area contributed by atoms with E-state index >= 15 is 0 Å². The van der Waals surface area contributed by atoms with Gasteiger partial charge in [-0.2, -0.15) is 5.26 Å². The minimum atomic E-state index is -1.95. The maximum absolute atomic E-state index is 9.28. The highest BCUT2D eigenvalue weighted by Gasteiger charge is 2.45. The van der Waals surface area contributed by atoms with E-state index in [1.165, 1.54) is 21.6 Å². The third kappa shape index (κ3) is 3.55. The third-order valence-corrected chi connectivity index (χ3v) is 10.2. The summed E-state index contributed by atoms with van der Waals surface area (Å²) in [5, 5.41) is 14.5. The van der Waals surface area contributed by atoms with E-state index in [4.69, 9.17) is 0 Å². The van der Waals surface area contributed by atoms with Crippen LogP contribution in [0.2, 0.25) is 0 Å². The van der Waals surface area contributed by atoms with Gasteiger partial charge in [0, 0.05) is 5.52 Å². The number of aromatic nitrogens is 1. The van der Waals surface area contributed by atoms with Crippen LogP contribution in [-0.2, 0) is 6.16 Å². The molecule has 0 aliphatic rings. The maximum atomic E-state index is 9.28. The minimum absolute atomic E-state index is 0.677.